The zero-order valence-corrected chi connectivity index (χ0v) is 9.20. The average Bonchev–Trinajstić information content (AvgIpc) is 2.24. The third-order valence-electron chi connectivity index (χ3n) is 2.34. The molecule has 0 aromatic carbocycles. The molecule has 0 atom stereocenters. The molecule has 0 bridgehead atoms. The van der Waals surface area contributed by atoms with Crippen LogP contribution in [0.2, 0.25) is 0 Å². The van der Waals surface area contributed by atoms with Crippen LogP contribution < -0.4 is 0 Å². The number of aliphatic hydroxyl groups is 1. The van der Waals surface area contributed by atoms with E-state index in [0.717, 1.165) is 5.03 Å². The highest BCUT2D eigenvalue weighted by Gasteiger charge is 2.29. The number of amides is 1. The van der Waals surface area contributed by atoms with Gasteiger partial charge in [0.05, 0.1) is 16.7 Å². The fraction of sp³-hybridized carbons (Fsp3) is 0.400. The first-order chi connectivity index (χ1) is 7.20. The van der Waals surface area contributed by atoms with Crippen molar-refractivity contribution in [3.8, 4) is 0 Å². The number of carbonyl (C=O) groups is 1. The van der Waals surface area contributed by atoms with Gasteiger partial charge in [0.25, 0.3) is 5.91 Å². The van der Waals surface area contributed by atoms with Gasteiger partial charge in [-0.3, -0.25) is 4.79 Å². The van der Waals surface area contributed by atoms with Crippen LogP contribution in [0.4, 0.5) is 0 Å². The maximum Gasteiger partial charge on any atom is 0.255 e. The smallest absolute Gasteiger partial charge is 0.255 e. The van der Waals surface area contributed by atoms with Gasteiger partial charge in [0, 0.05) is 19.3 Å². The first kappa shape index (κ1) is 10.4. The van der Waals surface area contributed by atoms with Crippen LogP contribution in [-0.4, -0.2) is 46.3 Å². The molecule has 2 rings (SSSR count). The summed E-state index contributed by atoms with van der Waals surface area (Å²) in [6.07, 6.45) is 3.17. The Morgan fingerprint density at radius 1 is 1.60 bits per heavy atom. The van der Waals surface area contributed by atoms with Crippen molar-refractivity contribution in [2.24, 2.45) is 0 Å². The van der Waals surface area contributed by atoms with E-state index >= 15 is 0 Å². The zero-order chi connectivity index (χ0) is 10.8. The lowest BCUT2D eigenvalue weighted by molar-refractivity contribution is 0.00586. The Kier molecular flexibility index (Phi) is 2.93. The highest BCUT2D eigenvalue weighted by Crippen LogP contribution is 2.15. The predicted octanol–water partition coefficient (Wildman–Crippen LogP) is 0.620. The third kappa shape index (κ3) is 2.13. The Morgan fingerprint density at radius 2 is 2.33 bits per heavy atom. The lowest BCUT2D eigenvalue weighted by atomic mass is 10.1. The number of thioether (sulfide) groups is 1. The highest BCUT2D eigenvalue weighted by atomic mass is 32.2. The molecule has 1 fully saturated rings. The third-order valence-corrected chi connectivity index (χ3v) is 3.00. The standard InChI is InChI=1S/C10H12N2O2S/c1-15-9-3-2-7(4-11-9)10(14)12-5-8(13)6-12/h2-4,8,13H,5-6H2,1H3. The summed E-state index contributed by atoms with van der Waals surface area (Å²) < 4.78 is 0. The Morgan fingerprint density at radius 3 is 2.80 bits per heavy atom. The molecule has 1 aliphatic rings. The van der Waals surface area contributed by atoms with Crippen molar-refractivity contribution < 1.29 is 9.90 Å². The van der Waals surface area contributed by atoms with Crippen molar-refractivity contribution in [3.05, 3.63) is 23.9 Å². The fourth-order valence-electron chi connectivity index (χ4n) is 1.43. The molecule has 1 aromatic heterocycles. The molecule has 4 nitrogen and oxygen atoms in total. The van der Waals surface area contributed by atoms with Crippen LogP contribution in [0.3, 0.4) is 0 Å². The number of pyridine rings is 1. The number of aliphatic hydroxyl groups excluding tert-OH is 1. The number of rotatable bonds is 2. The molecule has 2 heterocycles. The number of likely N-dealkylation sites (tertiary alicyclic amines) is 1. The molecule has 1 amide bonds. The Labute approximate surface area is 92.3 Å². The molecule has 1 aliphatic heterocycles. The molecule has 1 aromatic rings. The average molecular weight is 224 g/mol. The van der Waals surface area contributed by atoms with E-state index in [0.29, 0.717) is 18.7 Å². The number of β-amino-alcohol motifs (C(OH)–C–C–N with tert-alkyl or cyclic N) is 1. The minimum absolute atomic E-state index is 0.0551. The Bertz CT molecular complexity index is 360. The molecule has 1 saturated heterocycles. The number of aromatic nitrogens is 1. The molecule has 0 radical (unpaired) electrons. The van der Waals surface area contributed by atoms with E-state index in [2.05, 4.69) is 4.98 Å². The van der Waals surface area contributed by atoms with Crippen LogP contribution in [-0.2, 0) is 0 Å². The van der Waals surface area contributed by atoms with E-state index in [9.17, 15) is 4.79 Å². The predicted molar refractivity (Wildman–Crippen MR) is 57.9 cm³/mol. The normalized spacial score (nSPS) is 16.3. The summed E-state index contributed by atoms with van der Waals surface area (Å²) in [4.78, 5) is 17.5. The summed E-state index contributed by atoms with van der Waals surface area (Å²) in [5.41, 5.74) is 0.583. The quantitative estimate of drug-likeness (QED) is 0.748. The zero-order valence-electron chi connectivity index (χ0n) is 8.38. The molecule has 0 unspecified atom stereocenters. The molecule has 1 N–H and O–H groups in total. The van der Waals surface area contributed by atoms with Crippen LogP contribution >= 0.6 is 11.8 Å². The van der Waals surface area contributed by atoms with E-state index in [1.54, 1.807) is 28.9 Å². The first-order valence-corrected chi connectivity index (χ1v) is 5.90. The lowest BCUT2D eigenvalue weighted by Crippen LogP contribution is -2.53. The maximum absolute atomic E-state index is 11.7. The second kappa shape index (κ2) is 4.20. The molecule has 15 heavy (non-hydrogen) atoms. The molecule has 0 aliphatic carbocycles. The summed E-state index contributed by atoms with van der Waals surface area (Å²) in [6, 6.07) is 3.60. The second-order valence-electron chi connectivity index (χ2n) is 3.45. The fourth-order valence-corrected chi connectivity index (χ4v) is 1.79. The van der Waals surface area contributed by atoms with Gasteiger partial charge in [0.15, 0.2) is 0 Å². The highest BCUT2D eigenvalue weighted by molar-refractivity contribution is 7.98. The van der Waals surface area contributed by atoms with Gasteiger partial charge in [-0.2, -0.15) is 0 Å². The van der Waals surface area contributed by atoms with Crippen LogP contribution in [0.15, 0.2) is 23.4 Å². The van der Waals surface area contributed by atoms with Gasteiger partial charge in [-0.25, -0.2) is 4.98 Å². The summed E-state index contributed by atoms with van der Waals surface area (Å²) in [7, 11) is 0. The van der Waals surface area contributed by atoms with Crippen LogP contribution in [0.1, 0.15) is 10.4 Å². The van der Waals surface area contributed by atoms with E-state index < -0.39 is 0 Å². The van der Waals surface area contributed by atoms with E-state index in [-0.39, 0.29) is 12.0 Å². The maximum atomic E-state index is 11.7. The lowest BCUT2D eigenvalue weighted by Gasteiger charge is -2.35. The minimum Gasteiger partial charge on any atom is -0.389 e. The van der Waals surface area contributed by atoms with Crippen LogP contribution in [0.25, 0.3) is 0 Å². The Balaban J connectivity index is 2.06. The van der Waals surface area contributed by atoms with Gasteiger partial charge in [0.2, 0.25) is 0 Å². The monoisotopic (exact) mass is 224 g/mol. The molecule has 5 heteroatoms. The van der Waals surface area contributed by atoms with Crippen molar-refractivity contribution >= 4 is 17.7 Å². The number of carbonyl (C=O) groups excluding carboxylic acids is 1. The van der Waals surface area contributed by atoms with Gasteiger partial charge >= 0.3 is 0 Å². The summed E-state index contributed by atoms with van der Waals surface area (Å²) >= 11 is 1.54. The summed E-state index contributed by atoms with van der Waals surface area (Å²) in [6.45, 7) is 0.867. The van der Waals surface area contributed by atoms with Gasteiger partial charge in [-0.15, -0.1) is 11.8 Å². The van der Waals surface area contributed by atoms with Crippen molar-refractivity contribution in [2.75, 3.05) is 19.3 Å². The SMILES string of the molecule is CSc1ccc(C(=O)N2CC(O)C2)cn1. The molecular weight excluding hydrogens is 212 g/mol. The molecular formula is C10H12N2O2S. The van der Waals surface area contributed by atoms with E-state index in [4.69, 9.17) is 5.11 Å². The molecule has 0 saturated carbocycles. The topological polar surface area (TPSA) is 53.4 Å². The molecule has 0 spiro atoms. The number of hydrogen-bond acceptors (Lipinski definition) is 4. The van der Waals surface area contributed by atoms with Crippen molar-refractivity contribution in [1.82, 2.24) is 9.88 Å². The van der Waals surface area contributed by atoms with E-state index in [1.807, 2.05) is 12.3 Å². The Hall–Kier alpha value is -1.07. The largest absolute Gasteiger partial charge is 0.389 e. The second-order valence-corrected chi connectivity index (χ2v) is 4.28. The van der Waals surface area contributed by atoms with Crippen molar-refractivity contribution in [2.45, 2.75) is 11.1 Å². The van der Waals surface area contributed by atoms with Crippen molar-refractivity contribution in [1.29, 1.82) is 0 Å². The van der Waals surface area contributed by atoms with Gasteiger partial charge < -0.3 is 10.0 Å². The van der Waals surface area contributed by atoms with Gasteiger partial charge in [-0.05, 0) is 18.4 Å². The first-order valence-electron chi connectivity index (χ1n) is 4.68. The van der Waals surface area contributed by atoms with Crippen LogP contribution in [0.5, 0.6) is 0 Å². The molecule has 80 valence electrons. The van der Waals surface area contributed by atoms with Crippen LogP contribution in [0, 0.1) is 0 Å². The van der Waals surface area contributed by atoms with E-state index in [1.165, 1.54) is 0 Å². The van der Waals surface area contributed by atoms with Gasteiger partial charge in [-0.1, -0.05) is 0 Å². The minimum atomic E-state index is -0.354. The summed E-state index contributed by atoms with van der Waals surface area (Å²) in [5, 5.41) is 9.98. The van der Waals surface area contributed by atoms with Crippen molar-refractivity contribution in [3.63, 3.8) is 0 Å². The van der Waals surface area contributed by atoms with Gasteiger partial charge in [0.1, 0.15) is 0 Å². The number of nitrogens with zero attached hydrogens (tertiary/aromatic N) is 2. The summed E-state index contributed by atoms with van der Waals surface area (Å²) in [5.74, 6) is -0.0551. The number of hydrogen-bond donors (Lipinski definition) is 1.